The predicted octanol–water partition coefficient (Wildman–Crippen LogP) is 0.855. The first-order valence-electron chi connectivity index (χ1n) is 6.89. The van der Waals surface area contributed by atoms with Crippen molar-refractivity contribution in [2.24, 2.45) is 5.73 Å². The molecule has 3 N–H and O–H groups in total. The Hall–Kier alpha value is -0.610. The van der Waals surface area contributed by atoms with Gasteiger partial charge in [0.05, 0.1) is 6.04 Å². The van der Waals surface area contributed by atoms with Crippen LogP contribution in [0.3, 0.4) is 0 Å². The number of fused-ring (bicyclic) bond motifs is 2. The zero-order valence-electron chi connectivity index (χ0n) is 11.0. The zero-order valence-corrected chi connectivity index (χ0v) is 11.0. The lowest BCUT2D eigenvalue weighted by Crippen LogP contribution is -2.56. The molecular formula is C13H25N3O. The van der Waals surface area contributed by atoms with Crippen LogP contribution in [0.15, 0.2) is 0 Å². The van der Waals surface area contributed by atoms with Gasteiger partial charge < -0.3 is 16.0 Å². The highest BCUT2D eigenvalue weighted by molar-refractivity contribution is 5.81. The SMILES string of the molecule is CC[C@@H](N)C(=O)NC1CC2CCCC(C1)N2C. The Morgan fingerprint density at radius 1 is 1.41 bits per heavy atom. The molecule has 0 radical (unpaired) electrons. The Morgan fingerprint density at radius 3 is 2.53 bits per heavy atom. The Kier molecular flexibility index (Phi) is 4.05. The molecule has 0 aromatic carbocycles. The molecule has 0 spiro atoms. The summed E-state index contributed by atoms with van der Waals surface area (Å²) in [6.07, 6.45) is 6.79. The van der Waals surface area contributed by atoms with Crippen LogP contribution in [0.25, 0.3) is 0 Å². The van der Waals surface area contributed by atoms with E-state index in [1.807, 2.05) is 6.92 Å². The van der Waals surface area contributed by atoms with E-state index in [1.54, 1.807) is 0 Å². The summed E-state index contributed by atoms with van der Waals surface area (Å²) in [4.78, 5) is 14.3. The summed E-state index contributed by atoms with van der Waals surface area (Å²) in [5.41, 5.74) is 5.75. The van der Waals surface area contributed by atoms with Gasteiger partial charge in [0.2, 0.25) is 5.91 Å². The van der Waals surface area contributed by atoms with E-state index in [0.29, 0.717) is 24.5 Å². The normalized spacial score (nSPS) is 35.4. The molecule has 0 aliphatic carbocycles. The van der Waals surface area contributed by atoms with Crippen LogP contribution < -0.4 is 11.1 Å². The molecule has 2 saturated heterocycles. The summed E-state index contributed by atoms with van der Waals surface area (Å²) in [6, 6.07) is 1.32. The minimum Gasteiger partial charge on any atom is -0.352 e. The average molecular weight is 239 g/mol. The first-order valence-corrected chi connectivity index (χ1v) is 6.89. The van der Waals surface area contributed by atoms with E-state index in [2.05, 4.69) is 17.3 Å². The Labute approximate surface area is 104 Å². The van der Waals surface area contributed by atoms with Crippen LogP contribution in [0.5, 0.6) is 0 Å². The second kappa shape index (κ2) is 5.36. The zero-order chi connectivity index (χ0) is 12.4. The van der Waals surface area contributed by atoms with Gasteiger partial charge in [0.15, 0.2) is 0 Å². The maximum absolute atomic E-state index is 11.8. The molecule has 2 unspecified atom stereocenters. The van der Waals surface area contributed by atoms with Gasteiger partial charge in [-0.15, -0.1) is 0 Å². The molecule has 0 saturated carbocycles. The van der Waals surface area contributed by atoms with Gasteiger partial charge in [-0.3, -0.25) is 4.79 Å². The van der Waals surface area contributed by atoms with Crippen molar-refractivity contribution in [2.45, 2.75) is 69.6 Å². The van der Waals surface area contributed by atoms with E-state index in [1.165, 1.54) is 19.3 Å². The number of carbonyl (C=O) groups is 1. The lowest BCUT2D eigenvalue weighted by molar-refractivity contribution is -0.123. The van der Waals surface area contributed by atoms with Crippen molar-refractivity contribution in [1.82, 2.24) is 10.2 Å². The third-order valence-corrected chi connectivity index (χ3v) is 4.46. The molecular weight excluding hydrogens is 214 g/mol. The first kappa shape index (κ1) is 12.8. The van der Waals surface area contributed by atoms with Gasteiger partial charge in [0, 0.05) is 18.1 Å². The third kappa shape index (κ3) is 2.80. The highest BCUT2D eigenvalue weighted by Gasteiger charge is 2.36. The fourth-order valence-electron chi connectivity index (χ4n) is 3.23. The van der Waals surface area contributed by atoms with Gasteiger partial charge >= 0.3 is 0 Å². The van der Waals surface area contributed by atoms with Crippen molar-refractivity contribution in [3.05, 3.63) is 0 Å². The van der Waals surface area contributed by atoms with E-state index in [4.69, 9.17) is 5.73 Å². The fourth-order valence-corrected chi connectivity index (χ4v) is 3.23. The quantitative estimate of drug-likeness (QED) is 0.768. The summed E-state index contributed by atoms with van der Waals surface area (Å²) in [5.74, 6) is 0.0279. The molecule has 98 valence electrons. The Balaban J connectivity index is 1.89. The van der Waals surface area contributed by atoms with Crippen LogP contribution in [0.4, 0.5) is 0 Å². The summed E-state index contributed by atoms with van der Waals surface area (Å²) in [7, 11) is 2.23. The van der Waals surface area contributed by atoms with Crippen molar-refractivity contribution < 1.29 is 4.79 Å². The van der Waals surface area contributed by atoms with Crippen LogP contribution >= 0.6 is 0 Å². The standard InChI is InChI=1S/C13H25N3O/c1-3-12(14)13(17)15-9-7-10-5-4-6-11(8-9)16(10)2/h9-12H,3-8,14H2,1-2H3,(H,15,17)/t9?,10?,11?,12-/m1/s1. The van der Waals surface area contributed by atoms with Gasteiger partial charge in [0.25, 0.3) is 0 Å². The number of hydrogen-bond donors (Lipinski definition) is 2. The molecule has 1 amide bonds. The van der Waals surface area contributed by atoms with E-state index in [0.717, 1.165) is 12.8 Å². The molecule has 0 aromatic rings. The van der Waals surface area contributed by atoms with E-state index >= 15 is 0 Å². The maximum atomic E-state index is 11.8. The van der Waals surface area contributed by atoms with Crippen molar-refractivity contribution in [1.29, 1.82) is 0 Å². The highest BCUT2D eigenvalue weighted by atomic mass is 16.2. The number of piperidine rings is 2. The van der Waals surface area contributed by atoms with Crippen molar-refractivity contribution in [2.75, 3.05) is 7.05 Å². The van der Waals surface area contributed by atoms with Crippen molar-refractivity contribution in [3.8, 4) is 0 Å². The number of nitrogens with two attached hydrogens (primary N) is 1. The van der Waals surface area contributed by atoms with E-state index in [-0.39, 0.29) is 11.9 Å². The van der Waals surface area contributed by atoms with Crippen LogP contribution in [-0.2, 0) is 4.79 Å². The van der Waals surface area contributed by atoms with E-state index < -0.39 is 0 Å². The average Bonchev–Trinajstić information content (AvgIpc) is 2.29. The van der Waals surface area contributed by atoms with Crippen LogP contribution in [0.2, 0.25) is 0 Å². The molecule has 4 nitrogen and oxygen atoms in total. The Bertz CT molecular complexity index is 268. The van der Waals surface area contributed by atoms with Gasteiger partial charge in [-0.25, -0.2) is 0 Å². The van der Waals surface area contributed by atoms with Gasteiger partial charge in [-0.1, -0.05) is 13.3 Å². The molecule has 17 heavy (non-hydrogen) atoms. The summed E-state index contributed by atoms with van der Waals surface area (Å²) in [5, 5.41) is 3.13. The summed E-state index contributed by atoms with van der Waals surface area (Å²) in [6.45, 7) is 1.95. The topological polar surface area (TPSA) is 58.4 Å². The van der Waals surface area contributed by atoms with Gasteiger partial charge in [-0.2, -0.15) is 0 Å². The number of amides is 1. The summed E-state index contributed by atoms with van der Waals surface area (Å²) < 4.78 is 0. The lowest BCUT2D eigenvalue weighted by Gasteiger charge is -2.47. The largest absolute Gasteiger partial charge is 0.352 e. The first-order chi connectivity index (χ1) is 8.11. The number of nitrogens with one attached hydrogen (secondary N) is 1. The molecule has 3 atom stereocenters. The highest BCUT2D eigenvalue weighted by Crippen LogP contribution is 2.32. The second-order valence-corrected chi connectivity index (χ2v) is 5.60. The molecule has 2 heterocycles. The minimum atomic E-state index is -0.338. The molecule has 0 aromatic heterocycles. The molecule has 4 heteroatoms. The molecule has 2 aliphatic heterocycles. The molecule has 2 rings (SSSR count). The number of carbonyl (C=O) groups excluding carboxylic acids is 1. The van der Waals surface area contributed by atoms with Crippen LogP contribution in [-0.4, -0.2) is 42.0 Å². The number of hydrogen-bond acceptors (Lipinski definition) is 3. The smallest absolute Gasteiger partial charge is 0.237 e. The van der Waals surface area contributed by atoms with Crippen LogP contribution in [0, 0.1) is 0 Å². The lowest BCUT2D eigenvalue weighted by atomic mass is 9.82. The molecule has 2 aliphatic rings. The van der Waals surface area contributed by atoms with Gasteiger partial charge in [0.1, 0.15) is 0 Å². The maximum Gasteiger partial charge on any atom is 0.237 e. The number of rotatable bonds is 3. The Morgan fingerprint density at radius 2 is 2.00 bits per heavy atom. The molecule has 2 bridgehead atoms. The van der Waals surface area contributed by atoms with Gasteiger partial charge in [-0.05, 0) is 39.2 Å². The van der Waals surface area contributed by atoms with Crippen LogP contribution in [0.1, 0.15) is 45.4 Å². The monoisotopic (exact) mass is 239 g/mol. The fraction of sp³-hybridized carbons (Fsp3) is 0.923. The van der Waals surface area contributed by atoms with E-state index in [9.17, 15) is 4.79 Å². The summed E-state index contributed by atoms with van der Waals surface area (Å²) >= 11 is 0. The minimum absolute atomic E-state index is 0.0279. The number of nitrogens with zero attached hydrogens (tertiary/aromatic N) is 1. The second-order valence-electron chi connectivity index (χ2n) is 5.60. The van der Waals surface area contributed by atoms with Crippen molar-refractivity contribution in [3.63, 3.8) is 0 Å². The van der Waals surface area contributed by atoms with Crippen molar-refractivity contribution >= 4 is 5.91 Å². The third-order valence-electron chi connectivity index (χ3n) is 4.46. The predicted molar refractivity (Wildman–Crippen MR) is 68.6 cm³/mol. The molecule has 2 fully saturated rings.